The number of esters is 1. The van der Waals surface area contributed by atoms with Crippen LogP contribution in [0.4, 0.5) is 5.69 Å². The van der Waals surface area contributed by atoms with Gasteiger partial charge in [-0.25, -0.2) is 4.79 Å². The highest BCUT2D eigenvalue weighted by Crippen LogP contribution is 2.30. The largest absolute Gasteiger partial charge is 0.459 e. The number of anilines is 1. The summed E-state index contributed by atoms with van der Waals surface area (Å²) in [5.74, 6) is -0.387. The van der Waals surface area contributed by atoms with Crippen LogP contribution in [0.15, 0.2) is 12.1 Å². The van der Waals surface area contributed by atoms with E-state index in [2.05, 4.69) is 0 Å². The van der Waals surface area contributed by atoms with Gasteiger partial charge in [0, 0.05) is 0 Å². The molecule has 17 heavy (non-hydrogen) atoms. The lowest BCUT2D eigenvalue weighted by atomic mass is 10.2. The van der Waals surface area contributed by atoms with Gasteiger partial charge < -0.3 is 10.5 Å². The maximum absolute atomic E-state index is 11.8. The van der Waals surface area contributed by atoms with Gasteiger partial charge in [-0.2, -0.15) is 0 Å². The highest BCUT2D eigenvalue weighted by Gasteiger charge is 2.21. The second-order valence-corrected chi connectivity index (χ2v) is 4.96. The Bertz CT molecular complexity index is 419. The Balaban J connectivity index is 2.13. The van der Waals surface area contributed by atoms with E-state index in [0.29, 0.717) is 5.56 Å². The van der Waals surface area contributed by atoms with Gasteiger partial charge in [-0.05, 0) is 37.8 Å². The average Bonchev–Trinajstić information content (AvgIpc) is 2.77. The molecule has 92 valence electrons. The summed E-state index contributed by atoms with van der Waals surface area (Å²) in [7, 11) is 0. The van der Waals surface area contributed by atoms with E-state index >= 15 is 0 Å². The van der Waals surface area contributed by atoms with Crippen LogP contribution in [0.25, 0.3) is 0 Å². The van der Waals surface area contributed by atoms with Crippen molar-refractivity contribution in [2.24, 2.45) is 0 Å². The Morgan fingerprint density at radius 2 is 1.94 bits per heavy atom. The van der Waals surface area contributed by atoms with Crippen LogP contribution in [0.5, 0.6) is 0 Å². The number of hydrogen-bond donors (Lipinski definition) is 1. The molecule has 0 aliphatic heterocycles. The van der Waals surface area contributed by atoms with E-state index in [1.807, 2.05) is 0 Å². The van der Waals surface area contributed by atoms with Gasteiger partial charge in [0.15, 0.2) is 0 Å². The topological polar surface area (TPSA) is 52.3 Å². The van der Waals surface area contributed by atoms with Gasteiger partial charge in [-0.3, -0.25) is 0 Å². The van der Waals surface area contributed by atoms with Crippen molar-refractivity contribution in [3.63, 3.8) is 0 Å². The molecule has 1 aromatic carbocycles. The first-order valence-corrected chi connectivity index (χ1v) is 6.29. The van der Waals surface area contributed by atoms with Crippen molar-refractivity contribution in [3.8, 4) is 0 Å². The first kappa shape index (κ1) is 12.5. The van der Waals surface area contributed by atoms with Crippen LogP contribution in [0.3, 0.4) is 0 Å². The smallest absolute Gasteiger partial charge is 0.338 e. The molecule has 0 saturated heterocycles. The molecule has 0 amide bonds. The molecule has 3 nitrogen and oxygen atoms in total. The predicted octanol–water partition coefficient (Wildman–Crippen LogP) is 3.68. The summed E-state index contributed by atoms with van der Waals surface area (Å²) in [4.78, 5) is 11.8. The number of halogens is 2. The van der Waals surface area contributed by atoms with Crippen LogP contribution < -0.4 is 5.73 Å². The van der Waals surface area contributed by atoms with E-state index in [1.54, 1.807) is 0 Å². The van der Waals surface area contributed by atoms with Gasteiger partial charge in [-0.1, -0.05) is 23.2 Å². The molecule has 0 atom stereocenters. The van der Waals surface area contributed by atoms with Crippen LogP contribution in [0.1, 0.15) is 36.0 Å². The van der Waals surface area contributed by atoms with Gasteiger partial charge in [0.05, 0.1) is 21.3 Å². The third kappa shape index (κ3) is 2.85. The minimum Gasteiger partial charge on any atom is -0.459 e. The summed E-state index contributed by atoms with van der Waals surface area (Å²) in [6, 6.07) is 2.98. The van der Waals surface area contributed by atoms with Crippen LogP contribution in [-0.2, 0) is 4.74 Å². The molecule has 0 unspecified atom stereocenters. The van der Waals surface area contributed by atoms with E-state index < -0.39 is 0 Å². The molecule has 1 aliphatic rings. The zero-order chi connectivity index (χ0) is 12.4. The Labute approximate surface area is 110 Å². The molecule has 0 spiro atoms. The lowest BCUT2D eigenvalue weighted by molar-refractivity contribution is 0.0318. The lowest BCUT2D eigenvalue weighted by Crippen LogP contribution is -2.15. The summed E-state index contributed by atoms with van der Waals surface area (Å²) >= 11 is 11.7. The number of carbonyl (C=O) groups excluding carboxylic acids is 1. The van der Waals surface area contributed by atoms with Crippen molar-refractivity contribution < 1.29 is 9.53 Å². The molecular formula is C12H13Cl2NO2. The Kier molecular flexibility index (Phi) is 3.79. The molecular weight excluding hydrogens is 261 g/mol. The Hall–Kier alpha value is -0.930. The number of nitrogens with two attached hydrogens (primary N) is 1. The second-order valence-electron chi connectivity index (χ2n) is 4.17. The van der Waals surface area contributed by atoms with E-state index in [0.717, 1.165) is 25.7 Å². The molecule has 0 heterocycles. The Morgan fingerprint density at radius 1 is 1.29 bits per heavy atom. The quantitative estimate of drug-likeness (QED) is 0.661. The zero-order valence-electron chi connectivity index (χ0n) is 9.21. The normalized spacial score (nSPS) is 16.1. The highest BCUT2D eigenvalue weighted by atomic mass is 35.5. The van der Waals surface area contributed by atoms with Gasteiger partial charge in [0.1, 0.15) is 6.10 Å². The van der Waals surface area contributed by atoms with Crippen molar-refractivity contribution in [3.05, 3.63) is 27.7 Å². The lowest BCUT2D eigenvalue weighted by Gasteiger charge is -2.12. The number of nitrogen functional groups attached to an aromatic ring is 1. The van der Waals surface area contributed by atoms with Gasteiger partial charge in [-0.15, -0.1) is 0 Å². The van der Waals surface area contributed by atoms with E-state index in [4.69, 9.17) is 33.7 Å². The van der Waals surface area contributed by atoms with E-state index in [-0.39, 0.29) is 27.8 Å². The number of rotatable bonds is 2. The fraction of sp³-hybridized carbons (Fsp3) is 0.417. The molecule has 1 fully saturated rings. The third-order valence-electron chi connectivity index (χ3n) is 2.87. The Morgan fingerprint density at radius 3 is 2.53 bits per heavy atom. The van der Waals surface area contributed by atoms with Crippen LogP contribution in [0.2, 0.25) is 10.0 Å². The fourth-order valence-corrected chi connectivity index (χ4v) is 2.29. The molecule has 0 bridgehead atoms. The summed E-state index contributed by atoms with van der Waals surface area (Å²) in [5.41, 5.74) is 6.28. The molecule has 2 N–H and O–H groups in total. The van der Waals surface area contributed by atoms with Gasteiger partial charge in [0.25, 0.3) is 0 Å². The standard InChI is InChI=1S/C12H13Cl2NO2/c13-9-5-7(6-10(15)11(9)14)12(16)17-8-3-1-2-4-8/h5-6,8H,1-4,15H2. The summed E-state index contributed by atoms with van der Waals surface area (Å²) < 4.78 is 5.35. The third-order valence-corrected chi connectivity index (χ3v) is 3.68. The number of hydrogen-bond acceptors (Lipinski definition) is 3. The molecule has 5 heteroatoms. The summed E-state index contributed by atoms with van der Waals surface area (Å²) in [6.45, 7) is 0. The number of benzene rings is 1. The molecule has 0 aromatic heterocycles. The van der Waals surface area contributed by atoms with E-state index in [1.165, 1.54) is 12.1 Å². The van der Waals surface area contributed by atoms with Crippen molar-refractivity contribution in [2.45, 2.75) is 31.8 Å². The highest BCUT2D eigenvalue weighted by molar-refractivity contribution is 6.43. The monoisotopic (exact) mass is 273 g/mol. The van der Waals surface area contributed by atoms with E-state index in [9.17, 15) is 4.79 Å². The minimum atomic E-state index is -0.387. The predicted molar refractivity (Wildman–Crippen MR) is 68.5 cm³/mol. The molecule has 1 saturated carbocycles. The van der Waals surface area contributed by atoms with Crippen molar-refractivity contribution in [1.82, 2.24) is 0 Å². The second kappa shape index (κ2) is 5.15. The van der Waals surface area contributed by atoms with Crippen LogP contribution in [0, 0.1) is 0 Å². The fourth-order valence-electron chi connectivity index (χ4n) is 1.95. The van der Waals surface area contributed by atoms with Crippen molar-refractivity contribution >= 4 is 34.9 Å². The molecule has 2 rings (SSSR count). The summed E-state index contributed by atoms with van der Waals surface area (Å²) in [6.07, 6.45) is 4.12. The SMILES string of the molecule is Nc1cc(C(=O)OC2CCCC2)cc(Cl)c1Cl. The number of ether oxygens (including phenoxy) is 1. The summed E-state index contributed by atoms with van der Waals surface area (Å²) in [5, 5.41) is 0.536. The van der Waals surface area contributed by atoms with Gasteiger partial charge in [0.2, 0.25) is 0 Å². The first-order chi connectivity index (χ1) is 8.08. The molecule has 0 radical (unpaired) electrons. The van der Waals surface area contributed by atoms with Crippen molar-refractivity contribution in [2.75, 3.05) is 5.73 Å². The molecule has 1 aromatic rings. The maximum Gasteiger partial charge on any atom is 0.338 e. The van der Waals surface area contributed by atoms with Gasteiger partial charge >= 0.3 is 5.97 Å². The average molecular weight is 274 g/mol. The molecule has 1 aliphatic carbocycles. The zero-order valence-corrected chi connectivity index (χ0v) is 10.7. The maximum atomic E-state index is 11.8. The van der Waals surface area contributed by atoms with Crippen LogP contribution >= 0.6 is 23.2 Å². The first-order valence-electron chi connectivity index (χ1n) is 5.53. The number of carbonyl (C=O) groups is 1. The van der Waals surface area contributed by atoms with Crippen LogP contribution in [-0.4, -0.2) is 12.1 Å². The minimum absolute atomic E-state index is 0.0261. The van der Waals surface area contributed by atoms with Crippen molar-refractivity contribution in [1.29, 1.82) is 0 Å².